The molecule has 140 valence electrons. The first-order valence-electron chi connectivity index (χ1n) is 8.36. The van der Waals surface area contributed by atoms with Crippen LogP contribution in [-0.4, -0.2) is 22.7 Å². The summed E-state index contributed by atoms with van der Waals surface area (Å²) in [6.07, 6.45) is -0.112. The Morgan fingerprint density at radius 2 is 2.00 bits per heavy atom. The monoisotopic (exact) mass is 387 g/mol. The molecule has 2 aromatic carbocycles. The largest absolute Gasteiger partial charge is 0.490 e. The van der Waals surface area contributed by atoms with Crippen molar-refractivity contribution in [3.8, 4) is 22.1 Å². The molecule has 0 aliphatic heterocycles. The van der Waals surface area contributed by atoms with E-state index in [1.54, 1.807) is 35.7 Å². The lowest BCUT2D eigenvalue weighted by atomic mass is 10.2. The molecule has 0 atom stereocenters. The molecule has 1 aromatic heterocycles. The molecule has 1 heterocycles. The van der Waals surface area contributed by atoms with Gasteiger partial charge >= 0.3 is 5.97 Å². The zero-order valence-electron chi connectivity index (χ0n) is 14.6. The van der Waals surface area contributed by atoms with Gasteiger partial charge in [0.15, 0.2) is 11.5 Å². The van der Waals surface area contributed by atoms with Crippen molar-refractivity contribution in [3.63, 3.8) is 0 Å². The van der Waals surface area contributed by atoms with Crippen molar-refractivity contribution in [2.45, 2.75) is 20.0 Å². The first-order chi connectivity index (χ1) is 13.1. The summed E-state index contributed by atoms with van der Waals surface area (Å²) in [4.78, 5) is 15.2. The summed E-state index contributed by atoms with van der Waals surface area (Å²) < 4.78 is 25.2. The summed E-state index contributed by atoms with van der Waals surface area (Å²) in [6, 6.07) is 11.8. The second-order valence-electron chi connectivity index (χ2n) is 5.69. The smallest absolute Gasteiger partial charge is 0.309 e. The van der Waals surface area contributed by atoms with Crippen molar-refractivity contribution < 1.29 is 23.8 Å². The quantitative estimate of drug-likeness (QED) is 0.614. The fraction of sp³-hybridized carbons (Fsp3) is 0.200. The molecule has 0 radical (unpaired) electrons. The topological polar surface area (TPSA) is 68.7 Å². The van der Waals surface area contributed by atoms with E-state index in [2.05, 4.69) is 4.98 Å². The summed E-state index contributed by atoms with van der Waals surface area (Å²) in [5.74, 6) is -0.202. The van der Waals surface area contributed by atoms with Crippen LogP contribution in [0.1, 0.15) is 18.2 Å². The predicted molar refractivity (Wildman–Crippen MR) is 101 cm³/mol. The van der Waals surface area contributed by atoms with Crippen LogP contribution < -0.4 is 9.47 Å². The molecule has 0 spiro atoms. The summed E-state index contributed by atoms with van der Waals surface area (Å²) in [6.45, 7) is 2.40. The highest BCUT2D eigenvalue weighted by molar-refractivity contribution is 7.13. The van der Waals surface area contributed by atoms with Gasteiger partial charge in [-0.3, -0.25) is 4.79 Å². The number of halogens is 1. The number of rotatable bonds is 8. The number of aromatic nitrogens is 1. The number of aliphatic carboxylic acids is 1. The number of ether oxygens (including phenoxy) is 2. The van der Waals surface area contributed by atoms with E-state index >= 15 is 0 Å². The normalized spacial score (nSPS) is 10.6. The minimum Gasteiger partial charge on any atom is -0.490 e. The number of thiazole rings is 1. The van der Waals surface area contributed by atoms with E-state index in [0.717, 1.165) is 5.56 Å². The van der Waals surface area contributed by atoms with Crippen molar-refractivity contribution in [1.29, 1.82) is 0 Å². The van der Waals surface area contributed by atoms with Crippen LogP contribution in [0.2, 0.25) is 0 Å². The fourth-order valence-corrected chi connectivity index (χ4v) is 3.29. The molecule has 0 aliphatic carbocycles. The van der Waals surface area contributed by atoms with E-state index in [9.17, 15) is 9.18 Å². The number of carbonyl (C=O) groups is 1. The van der Waals surface area contributed by atoms with E-state index in [1.165, 1.54) is 17.4 Å². The molecule has 0 amide bonds. The van der Waals surface area contributed by atoms with Crippen molar-refractivity contribution in [3.05, 3.63) is 64.9 Å². The van der Waals surface area contributed by atoms with Crippen LogP contribution in [0.5, 0.6) is 11.5 Å². The van der Waals surface area contributed by atoms with Crippen molar-refractivity contribution >= 4 is 17.3 Å². The van der Waals surface area contributed by atoms with Gasteiger partial charge in [0.1, 0.15) is 17.4 Å². The molecule has 0 bridgehead atoms. The highest BCUT2D eigenvalue weighted by atomic mass is 32.1. The molecule has 0 aliphatic rings. The molecule has 7 heteroatoms. The van der Waals surface area contributed by atoms with Crippen LogP contribution in [0.3, 0.4) is 0 Å². The van der Waals surface area contributed by atoms with Gasteiger partial charge in [0.2, 0.25) is 0 Å². The van der Waals surface area contributed by atoms with Crippen molar-refractivity contribution in [1.82, 2.24) is 4.98 Å². The zero-order valence-corrected chi connectivity index (χ0v) is 15.5. The number of benzene rings is 2. The third kappa shape index (κ3) is 4.83. The highest BCUT2D eigenvalue weighted by Gasteiger charge is 2.13. The van der Waals surface area contributed by atoms with Crippen molar-refractivity contribution in [2.24, 2.45) is 0 Å². The van der Waals surface area contributed by atoms with E-state index in [0.29, 0.717) is 34.4 Å². The van der Waals surface area contributed by atoms with Crippen LogP contribution >= 0.6 is 11.3 Å². The van der Waals surface area contributed by atoms with Crippen LogP contribution in [-0.2, 0) is 17.8 Å². The second kappa shape index (κ2) is 8.64. The molecule has 1 N–H and O–H groups in total. The Balaban J connectivity index is 1.81. The average molecular weight is 387 g/mol. The van der Waals surface area contributed by atoms with Crippen LogP contribution in [0.15, 0.2) is 47.8 Å². The van der Waals surface area contributed by atoms with Crippen LogP contribution in [0, 0.1) is 5.82 Å². The first-order valence-corrected chi connectivity index (χ1v) is 9.24. The third-order valence-corrected chi connectivity index (χ3v) is 4.66. The molecular weight excluding hydrogens is 369 g/mol. The molecule has 5 nitrogen and oxygen atoms in total. The Kier molecular flexibility index (Phi) is 6.03. The summed E-state index contributed by atoms with van der Waals surface area (Å²) in [5.41, 5.74) is 1.78. The maximum absolute atomic E-state index is 13.8. The molecule has 0 fully saturated rings. The van der Waals surface area contributed by atoms with Gasteiger partial charge in [0, 0.05) is 16.5 Å². The third-order valence-electron chi connectivity index (χ3n) is 3.72. The second-order valence-corrected chi connectivity index (χ2v) is 6.55. The van der Waals surface area contributed by atoms with Gasteiger partial charge in [-0.05, 0) is 31.2 Å². The Morgan fingerprint density at radius 3 is 2.74 bits per heavy atom. The van der Waals surface area contributed by atoms with E-state index < -0.39 is 5.97 Å². The maximum atomic E-state index is 13.8. The summed E-state index contributed by atoms with van der Waals surface area (Å²) in [7, 11) is 0. The number of hydrogen-bond acceptors (Lipinski definition) is 5. The molecule has 3 rings (SSSR count). The number of carboxylic acid groups (broad SMARTS) is 1. The van der Waals surface area contributed by atoms with E-state index in [-0.39, 0.29) is 18.8 Å². The lowest BCUT2D eigenvalue weighted by molar-refractivity contribution is -0.136. The Morgan fingerprint density at radius 1 is 1.19 bits per heavy atom. The SMILES string of the molecule is CCOc1cc(-c2nc(CC(=O)O)cs2)ccc1OCc1ccccc1F. The Labute approximate surface area is 160 Å². The lowest BCUT2D eigenvalue weighted by Gasteiger charge is -2.13. The molecule has 27 heavy (non-hydrogen) atoms. The van der Waals surface area contributed by atoms with Crippen molar-refractivity contribution in [2.75, 3.05) is 6.61 Å². The zero-order chi connectivity index (χ0) is 19.2. The highest BCUT2D eigenvalue weighted by Crippen LogP contribution is 2.34. The number of nitrogens with zero attached hydrogens (tertiary/aromatic N) is 1. The lowest BCUT2D eigenvalue weighted by Crippen LogP contribution is -2.01. The molecule has 0 unspecified atom stereocenters. The van der Waals surface area contributed by atoms with Gasteiger partial charge in [0.05, 0.1) is 18.7 Å². The molecule has 0 saturated carbocycles. The molecule has 0 saturated heterocycles. The van der Waals surface area contributed by atoms with Gasteiger partial charge in [0.25, 0.3) is 0 Å². The van der Waals surface area contributed by atoms with E-state index in [1.807, 2.05) is 13.0 Å². The number of hydrogen-bond donors (Lipinski definition) is 1. The standard InChI is InChI=1S/C20H18FNO4S/c1-2-25-18-9-13(20-22-15(12-27-20)10-19(23)24)7-8-17(18)26-11-14-5-3-4-6-16(14)21/h3-9,12H,2,10-11H2,1H3,(H,23,24). The van der Waals surface area contributed by atoms with Crippen LogP contribution in [0.25, 0.3) is 10.6 Å². The Bertz CT molecular complexity index is 941. The minimum absolute atomic E-state index is 0.0894. The predicted octanol–water partition coefficient (Wildman–Crippen LogP) is 4.55. The van der Waals surface area contributed by atoms with Gasteiger partial charge in [-0.25, -0.2) is 9.37 Å². The fourth-order valence-electron chi connectivity index (χ4n) is 2.48. The molecular formula is C20H18FNO4S. The Hall–Kier alpha value is -2.93. The van der Waals surface area contributed by atoms with Gasteiger partial charge < -0.3 is 14.6 Å². The number of carboxylic acids is 1. The minimum atomic E-state index is -0.918. The maximum Gasteiger partial charge on any atom is 0.309 e. The van der Waals surface area contributed by atoms with Gasteiger partial charge in [-0.1, -0.05) is 18.2 Å². The molecule has 3 aromatic rings. The van der Waals surface area contributed by atoms with Crippen LogP contribution in [0.4, 0.5) is 4.39 Å². The average Bonchev–Trinajstić information content (AvgIpc) is 3.10. The summed E-state index contributed by atoms with van der Waals surface area (Å²) in [5, 5.41) is 11.3. The first kappa shape index (κ1) is 18.8. The van der Waals surface area contributed by atoms with E-state index in [4.69, 9.17) is 14.6 Å². The van der Waals surface area contributed by atoms with Gasteiger partial charge in [-0.15, -0.1) is 11.3 Å². The van der Waals surface area contributed by atoms with Gasteiger partial charge in [-0.2, -0.15) is 0 Å². The summed E-state index contributed by atoms with van der Waals surface area (Å²) >= 11 is 1.37.